The number of benzene rings is 1. The van der Waals surface area contributed by atoms with Crippen LogP contribution in [0.5, 0.6) is 0 Å². The van der Waals surface area contributed by atoms with Crippen LogP contribution >= 0.6 is 0 Å². The van der Waals surface area contributed by atoms with E-state index in [1.807, 2.05) is 66.7 Å². The van der Waals surface area contributed by atoms with E-state index in [-0.39, 0.29) is 6.54 Å². The zero-order chi connectivity index (χ0) is 20.2. The number of amides is 1. The summed E-state index contributed by atoms with van der Waals surface area (Å²) in [5.41, 5.74) is 1.17. The van der Waals surface area contributed by atoms with E-state index < -0.39 is 36.1 Å². The average molecular weight is 375 g/mol. The van der Waals surface area contributed by atoms with Gasteiger partial charge in [-0.3, -0.25) is 0 Å². The number of fused-ring (bicyclic) bond motifs is 1. The second kappa shape index (κ2) is 6.50. The summed E-state index contributed by atoms with van der Waals surface area (Å²) in [4.78, 5) is 14.0. The van der Waals surface area contributed by atoms with E-state index in [0.717, 1.165) is 16.6 Å². The summed E-state index contributed by atoms with van der Waals surface area (Å²) in [6, 6.07) is 5.78. The maximum Gasteiger partial charge on any atom is 0.494 e. The molecule has 2 aliphatic rings. The standard InChI is InChI=1S/C20H30BNO5/c1-18(2,3)25-17(24)22-11-13-10-14(8-9-15(13)16(23)12-22)21-26-19(4,5)20(6,7)27-21/h8-10,16,23H,11-12H2,1-7H3. The van der Waals surface area contributed by atoms with E-state index in [1.54, 1.807) is 0 Å². The monoisotopic (exact) mass is 375 g/mol. The molecule has 0 aromatic heterocycles. The van der Waals surface area contributed by atoms with Gasteiger partial charge < -0.3 is 24.1 Å². The SMILES string of the molecule is CC(C)(C)OC(=O)N1Cc2cc(B3OC(C)(C)C(C)(C)O3)ccc2C(O)C1. The van der Waals surface area contributed by atoms with Crippen LogP contribution in [-0.4, -0.2) is 46.6 Å². The van der Waals surface area contributed by atoms with E-state index in [9.17, 15) is 9.90 Å². The minimum Gasteiger partial charge on any atom is -0.444 e. The first kappa shape index (κ1) is 20.2. The molecule has 1 atom stereocenters. The molecule has 7 heteroatoms. The first-order chi connectivity index (χ1) is 12.3. The molecule has 6 nitrogen and oxygen atoms in total. The lowest BCUT2D eigenvalue weighted by Gasteiger charge is -2.34. The Balaban J connectivity index is 1.83. The van der Waals surface area contributed by atoms with Crippen LogP contribution < -0.4 is 5.46 Å². The van der Waals surface area contributed by atoms with Crippen molar-refractivity contribution < 1.29 is 23.9 Å². The van der Waals surface area contributed by atoms with Gasteiger partial charge in [0.15, 0.2) is 0 Å². The zero-order valence-electron chi connectivity index (χ0n) is 17.3. The number of hydrogen-bond donors (Lipinski definition) is 1. The number of β-amino-alcohol motifs (C(OH)–C–C–N with tert-alkyl or cyclic N) is 1. The van der Waals surface area contributed by atoms with Crippen LogP contribution in [0.3, 0.4) is 0 Å². The molecule has 1 aromatic rings. The van der Waals surface area contributed by atoms with Gasteiger partial charge in [0.2, 0.25) is 0 Å². The molecule has 1 unspecified atom stereocenters. The van der Waals surface area contributed by atoms with Crippen molar-refractivity contribution >= 4 is 18.7 Å². The Morgan fingerprint density at radius 2 is 1.81 bits per heavy atom. The second-order valence-electron chi connectivity index (χ2n) is 9.42. The van der Waals surface area contributed by atoms with E-state index >= 15 is 0 Å². The summed E-state index contributed by atoms with van der Waals surface area (Å²) >= 11 is 0. The Kier molecular flexibility index (Phi) is 4.86. The number of carbonyl (C=O) groups excluding carboxylic acids is 1. The van der Waals surface area contributed by atoms with Crippen molar-refractivity contribution in [1.29, 1.82) is 0 Å². The van der Waals surface area contributed by atoms with Gasteiger partial charge in [0.05, 0.1) is 23.9 Å². The number of ether oxygens (including phenoxy) is 1. The average Bonchev–Trinajstić information content (AvgIpc) is 2.73. The smallest absolute Gasteiger partial charge is 0.444 e. The Morgan fingerprint density at radius 3 is 2.37 bits per heavy atom. The van der Waals surface area contributed by atoms with Crippen LogP contribution in [0.2, 0.25) is 0 Å². The molecule has 148 valence electrons. The number of rotatable bonds is 1. The Bertz CT molecular complexity index is 724. The lowest BCUT2D eigenvalue weighted by Crippen LogP contribution is -2.42. The normalized spacial score (nSPS) is 23.9. The first-order valence-electron chi connectivity index (χ1n) is 9.43. The van der Waals surface area contributed by atoms with Crippen LogP contribution in [0, 0.1) is 0 Å². The van der Waals surface area contributed by atoms with Gasteiger partial charge in [-0.15, -0.1) is 0 Å². The van der Waals surface area contributed by atoms with E-state index in [2.05, 4.69) is 0 Å². The van der Waals surface area contributed by atoms with Gasteiger partial charge in [-0.2, -0.15) is 0 Å². The fourth-order valence-corrected chi connectivity index (χ4v) is 3.26. The molecular formula is C20H30BNO5. The zero-order valence-corrected chi connectivity index (χ0v) is 17.3. The number of nitrogens with zero attached hydrogens (tertiary/aromatic N) is 1. The molecule has 1 saturated heterocycles. The number of hydrogen-bond acceptors (Lipinski definition) is 5. The Morgan fingerprint density at radius 1 is 1.22 bits per heavy atom. The lowest BCUT2D eigenvalue weighted by molar-refractivity contribution is 0.00578. The third-order valence-electron chi connectivity index (χ3n) is 5.46. The molecule has 27 heavy (non-hydrogen) atoms. The molecule has 0 bridgehead atoms. The number of aliphatic hydroxyl groups excluding tert-OH is 1. The fourth-order valence-electron chi connectivity index (χ4n) is 3.26. The highest BCUT2D eigenvalue weighted by Gasteiger charge is 2.51. The van der Waals surface area contributed by atoms with Crippen molar-refractivity contribution in [3.05, 3.63) is 29.3 Å². The first-order valence-corrected chi connectivity index (χ1v) is 9.43. The summed E-state index contributed by atoms with van der Waals surface area (Å²) in [6.45, 7) is 14.1. The summed E-state index contributed by atoms with van der Waals surface area (Å²) in [6.07, 6.45) is -1.16. The molecule has 1 aromatic carbocycles. The van der Waals surface area contributed by atoms with Gasteiger partial charge in [-0.1, -0.05) is 18.2 Å². The van der Waals surface area contributed by atoms with Crippen molar-refractivity contribution in [3.63, 3.8) is 0 Å². The van der Waals surface area contributed by atoms with Gasteiger partial charge in [-0.05, 0) is 65.1 Å². The third kappa shape index (κ3) is 4.00. The Hall–Kier alpha value is -1.57. The van der Waals surface area contributed by atoms with Crippen LogP contribution in [0.15, 0.2) is 18.2 Å². The molecule has 0 saturated carbocycles. The van der Waals surface area contributed by atoms with Gasteiger partial charge in [-0.25, -0.2) is 4.79 Å². The molecule has 1 amide bonds. The van der Waals surface area contributed by atoms with Gasteiger partial charge in [0.25, 0.3) is 0 Å². The summed E-state index contributed by atoms with van der Waals surface area (Å²) in [5, 5.41) is 10.5. The van der Waals surface area contributed by atoms with Crippen molar-refractivity contribution in [2.45, 2.75) is 77.9 Å². The van der Waals surface area contributed by atoms with Crippen LogP contribution in [-0.2, 0) is 20.6 Å². The third-order valence-corrected chi connectivity index (χ3v) is 5.46. The summed E-state index contributed by atoms with van der Waals surface area (Å²) in [5.74, 6) is 0. The predicted octanol–water partition coefficient (Wildman–Crippen LogP) is 2.77. The fraction of sp³-hybridized carbons (Fsp3) is 0.650. The second-order valence-corrected chi connectivity index (χ2v) is 9.42. The molecule has 0 aliphatic carbocycles. The predicted molar refractivity (Wildman–Crippen MR) is 104 cm³/mol. The maximum absolute atomic E-state index is 12.4. The van der Waals surface area contributed by atoms with E-state index in [0.29, 0.717) is 6.54 Å². The van der Waals surface area contributed by atoms with Crippen molar-refractivity contribution in [3.8, 4) is 0 Å². The minimum absolute atomic E-state index is 0.220. The molecule has 2 heterocycles. The summed E-state index contributed by atoms with van der Waals surface area (Å²) in [7, 11) is -0.477. The van der Waals surface area contributed by atoms with E-state index in [1.165, 1.54) is 4.90 Å². The molecule has 0 spiro atoms. The highest BCUT2D eigenvalue weighted by Crippen LogP contribution is 2.37. The van der Waals surface area contributed by atoms with Crippen LogP contribution in [0.1, 0.15) is 65.7 Å². The summed E-state index contributed by atoms with van der Waals surface area (Å²) < 4.78 is 17.7. The molecular weight excluding hydrogens is 345 g/mol. The van der Waals surface area contributed by atoms with E-state index in [4.69, 9.17) is 14.0 Å². The molecule has 1 fully saturated rings. The van der Waals surface area contributed by atoms with Gasteiger partial charge in [0.1, 0.15) is 5.60 Å². The number of carbonyl (C=O) groups is 1. The van der Waals surface area contributed by atoms with Crippen molar-refractivity contribution in [1.82, 2.24) is 4.90 Å². The maximum atomic E-state index is 12.4. The Labute approximate surface area is 161 Å². The van der Waals surface area contributed by atoms with Crippen LogP contribution in [0.25, 0.3) is 0 Å². The highest BCUT2D eigenvalue weighted by molar-refractivity contribution is 6.62. The lowest BCUT2D eigenvalue weighted by atomic mass is 9.77. The van der Waals surface area contributed by atoms with Gasteiger partial charge >= 0.3 is 13.2 Å². The molecule has 1 N–H and O–H groups in total. The van der Waals surface area contributed by atoms with Crippen LogP contribution in [0.4, 0.5) is 4.79 Å². The molecule has 0 radical (unpaired) electrons. The highest BCUT2D eigenvalue weighted by atomic mass is 16.7. The largest absolute Gasteiger partial charge is 0.494 e. The molecule has 3 rings (SSSR count). The van der Waals surface area contributed by atoms with Gasteiger partial charge in [0, 0.05) is 6.54 Å². The number of aliphatic hydroxyl groups is 1. The quantitative estimate of drug-likeness (QED) is 0.765. The van der Waals surface area contributed by atoms with Crippen molar-refractivity contribution in [2.24, 2.45) is 0 Å². The molecule has 2 aliphatic heterocycles. The topological polar surface area (TPSA) is 68.2 Å². The van der Waals surface area contributed by atoms with Crippen molar-refractivity contribution in [2.75, 3.05) is 6.54 Å². The minimum atomic E-state index is -0.742.